The Hall–Kier alpha value is -2.64. The zero-order valence-electron chi connectivity index (χ0n) is 16.2. The first kappa shape index (κ1) is 19.7. The first-order valence-electron chi connectivity index (χ1n) is 9.73. The molecule has 1 N–H and O–H groups in total. The quantitative estimate of drug-likeness (QED) is 0.643. The molecule has 0 unspecified atom stereocenters. The minimum absolute atomic E-state index is 0.0902. The molecule has 4 rings (SSSR count). The van der Waals surface area contributed by atoms with Gasteiger partial charge in [-0.2, -0.15) is 0 Å². The number of hydrogen-bond donors (Lipinski definition) is 1. The number of benzene rings is 1. The van der Waals surface area contributed by atoms with Crippen LogP contribution in [0.25, 0.3) is 17.2 Å². The molecular formula is C21H23ClN4O3. The molecule has 1 fully saturated rings. The topological polar surface area (TPSA) is 82.0 Å². The molecule has 0 atom stereocenters. The Morgan fingerprint density at radius 3 is 2.59 bits per heavy atom. The lowest BCUT2D eigenvalue weighted by atomic mass is 10.2. The SMILES string of the molecule is Cn1c(=O)n(CCCO)c(=O)c2c1nc(C=CC1CC1)n2Cc1ccc(Cl)cc1. The summed E-state index contributed by atoms with van der Waals surface area (Å²) in [5.74, 6) is 1.21. The number of fused-ring (bicyclic) bond motifs is 1. The summed E-state index contributed by atoms with van der Waals surface area (Å²) in [5, 5.41) is 9.78. The number of hydrogen-bond acceptors (Lipinski definition) is 4. The highest BCUT2D eigenvalue weighted by molar-refractivity contribution is 6.30. The molecule has 0 amide bonds. The van der Waals surface area contributed by atoms with Gasteiger partial charge in [0.15, 0.2) is 11.2 Å². The molecule has 2 aromatic heterocycles. The maximum atomic E-state index is 13.2. The predicted octanol–water partition coefficient (Wildman–Crippen LogP) is 2.40. The Labute approximate surface area is 172 Å². The molecule has 3 aromatic rings. The molecule has 1 saturated carbocycles. The van der Waals surface area contributed by atoms with Gasteiger partial charge in [-0.05, 0) is 49.0 Å². The van der Waals surface area contributed by atoms with Gasteiger partial charge < -0.3 is 9.67 Å². The molecule has 29 heavy (non-hydrogen) atoms. The second-order valence-electron chi connectivity index (χ2n) is 7.43. The molecule has 1 aliphatic carbocycles. The summed E-state index contributed by atoms with van der Waals surface area (Å²) < 4.78 is 4.43. The Balaban J connectivity index is 1.91. The van der Waals surface area contributed by atoms with Crippen molar-refractivity contribution in [3.05, 3.63) is 67.6 Å². The minimum atomic E-state index is -0.426. The third-order valence-corrected chi connectivity index (χ3v) is 5.45. The van der Waals surface area contributed by atoms with Crippen molar-refractivity contribution in [2.24, 2.45) is 13.0 Å². The molecule has 0 aliphatic heterocycles. The van der Waals surface area contributed by atoms with Gasteiger partial charge >= 0.3 is 5.69 Å². The molecule has 7 nitrogen and oxygen atoms in total. The number of aromatic nitrogens is 4. The van der Waals surface area contributed by atoms with Crippen molar-refractivity contribution in [1.82, 2.24) is 18.7 Å². The van der Waals surface area contributed by atoms with E-state index in [9.17, 15) is 9.59 Å². The van der Waals surface area contributed by atoms with Crippen LogP contribution < -0.4 is 11.2 Å². The molecule has 152 valence electrons. The number of allylic oxidation sites excluding steroid dienone is 1. The average Bonchev–Trinajstić information content (AvgIpc) is 3.47. The number of aliphatic hydroxyl groups excluding tert-OH is 1. The number of aliphatic hydroxyl groups is 1. The molecular weight excluding hydrogens is 392 g/mol. The van der Waals surface area contributed by atoms with E-state index in [1.807, 2.05) is 34.9 Å². The van der Waals surface area contributed by atoms with E-state index in [2.05, 4.69) is 11.1 Å². The molecule has 0 saturated heterocycles. The standard InChI is InChI=1S/C21H23ClN4O3/c1-24-19-18(20(28)25(21(24)29)11-2-12-27)26(13-15-5-8-16(22)9-6-15)17(23-19)10-7-14-3-4-14/h5-10,14,27H,2-4,11-13H2,1H3. The minimum Gasteiger partial charge on any atom is -0.396 e. The lowest BCUT2D eigenvalue weighted by Crippen LogP contribution is -2.39. The smallest absolute Gasteiger partial charge is 0.332 e. The van der Waals surface area contributed by atoms with E-state index < -0.39 is 5.69 Å². The van der Waals surface area contributed by atoms with Crippen molar-refractivity contribution in [1.29, 1.82) is 0 Å². The van der Waals surface area contributed by atoms with Crippen LogP contribution in [0.4, 0.5) is 0 Å². The fraction of sp³-hybridized carbons (Fsp3) is 0.381. The molecule has 0 radical (unpaired) electrons. The summed E-state index contributed by atoms with van der Waals surface area (Å²) >= 11 is 6.00. The van der Waals surface area contributed by atoms with Crippen molar-refractivity contribution < 1.29 is 5.11 Å². The zero-order chi connectivity index (χ0) is 20.5. The van der Waals surface area contributed by atoms with Gasteiger partial charge in [-0.3, -0.25) is 13.9 Å². The fourth-order valence-electron chi connectivity index (χ4n) is 3.38. The van der Waals surface area contributed by atoms with Gasteiger partial charge in [-0.15, -0.1) is 0 Å². The first-order valence-corrected chi connectivity index (χ1v) is 10.1. The molecule has 8 heteroatoms. The van der Waals surface area contributed by atoms with Gasteiger partial charge in [0.1, 0.15) is 5.82 Å². The van der Waals surface area contributed by atoms with Crippen LogP contribution in [0.2, 0.25) is 5.02 Å². The Bertz CT molecular complexity index is 1180. The summed E-state index contributed by atoms with van der Waals surface area (Å²) in [6.07, 6.45) is 6.72. The van der Waals surface area contributed by atoms with Crippen molar-refractivity contribution in [2.45, 2.75) is 32.4 Å². The van der Waals surface area contributed by atoms with Gasteiger partial charge in [-0.1, -0.05) is 29.8 Å². The Kier molecular flexibility index (Phi) is 5.43. The second-order valence-corrected chi connectivity index (χ2v) is 7.86. The fourth-order valence-corrected chi connectivity index (χ4v) is 3.51. The van der Waals surface area contributed by atoms with E-state index in [-0.39, 0.29) is 18.7 Å². The number of imidazole rings is 1. The van der Waals surface area contributed by atoms with E-state index in [4.69, 9.17) is 16.7 Å². The van der Waals surface area contributed by atoms with Crippen molar-refractivity contribution in [3.8, 4) is 0 Å². The van der Waals surface area contributed by atoms with Crippen LogP contribution in [-0.2, 0) is 20.1 Å². The van der Waals surface area contributed by atoms with Crippen LogP contribution in [0.1, 0.15) is 30.7 Å². The maximum absolute atomic E-state index is 13.2. The summed E-state index contributed by atoms with van der Waals surface area (Å²) in [6.45, 7) is 0.510. The number of nitrogens with zero attached hydrogens (tertiary/aromatic N) is 4. The van der Waals surface area contributed by atoms with Crippen molar-refractivity contribution in [2.75, 3.05) is 6.61 Å². The van der Waals surface area contributed by atoms with E-state index in [0.717, 1.165) is 5.56 Å². The average molecular weight is 415 g/mol. The number of aryl methyl sites for hydroxylation is 1. The second kappa shape index (κ2) is 8.00. The summed E-state index contributed by atoms with van der Waals surface area (Å²) in [7, 11) is 1.62. The first-order chi connectivity index (χ1) is 14.0. The van der Waals surface area contributed by atoms with Crippen LogP contribution >= 0.6 is 11.6 Å². The van der Waals surface area contributed by atoms with Gasteiger partial charge in [0.25, 0.3) is 5.56 Å². The van der Waals surface area contributed by atoms with Crippen LogP contribution in [0.5, 0.6) is 0 Å². The van der Waals surface area contributed by atoms with Crippen molar-refractivity contribution >= 4 is 28.8 Å². The molecule has 0 spiro atoms. The van der Waals surface area contributed by atoms with E-state index in [1.54, 1.807) is 7.05 Å². The van der Waals surface area contributed by atoms with E-state index in [0.29, 0.717) is 40.9 Å². The summed E-state index contributed by atoms with van der Waals surface area (Å²) in [6, 6.07) is 7.44. The number of rotatable bonds is 7. The largest absolute Gasteiger partial charge is 0.396 e. The summed E-state index contributed by atoms with van der Waals surface area (Å²) in [5.41, 5.74) is 0.916. The van der Waals surface area contributed by atoms with Crippen LogP contribution in [0.15, 0.2) is 39.9 Å². The number of halogens is 1. The van der Waals surface area contributed by atoms with Gasteiger partial charge in [0.2, 0.25) is 0 Å². The summed E-state index contributed by atoms with van der Waals surface area (Å²) in [4.78, 5) is 30.5. The van der Waals surface area contributed by atoms with Crippen LogP contribution in [0.3, 0.4) is 0 Å². The Morgan fingerprint density at radius 2 is 1.93 bits per heavy atom. The molecule has 0 bridgehead atoms. The van der Waals surface area contributed by atoms with Crippen LogP contribution in [0, 0.1) is 5.92 Å². The third-order valence-electron chi connectivity index (χ3n) is 5.20. The van der Waals surface area contributed by atoms with Gasteiger partial charge in [0.05, 0.1) is 0 Å². The van der Waals surface area contributed by atoms with E-state index >= 15 is 0 Å². The predicted molar refractivity (Wildman–Crippen MR) is 113 cm³/mol. The van der Waals surface area contributed by atoms with Crippen LogP contribution in [-0.4, -0.2) is 30.4 Å². The molecule has 1 aromatic carbocycles. The normalized spacial score (nSPS) is 14.3. The maximum Gasteiger partial charge on any atom is 0.332 e. The monoisotopic (exact) mass is 414 g/mol. The van der Waals surface area contributed by atoms with Gasteiger partial charge in [-0.25, -0.2) is 9.78 Å². The zero-order valence-corrected chi connectivity index (χ0v) is 17.0. The highest BCUT2D eigenvalue weighted by Gasteiger charge is 2.21. The van der Waals surface area contributed by atoms with Crippen molar-refractivity contribution in [3.63, 3.8) is 0 Å². The van der Waals surface area contributed by atoms with Gasteiger partial charge in [0, 0.05) is 31.8 Å². The third kappa shape index (κ3) is 3.93. The lowest BCUT2D eigenvalue weighted by Gasteiger charge is -2.10. The molecule has 1 aliphatic rings. The Morgan fingerprint density at radius 1 is 1.21 bits per heavy atom. The van der Waals surface area contributed by atoms with E-state index in [1.165, 1.54) is 22.0 Å². The molecule has 2 heterocycles. The lowest BCUT2D eigenvalue weighted by molar-refractivity contribution is 0.277. The highest BCUT2D eigenvalue weighted by Crippen LogP contribution is 2.31. The highest BCUT2D eigenvalue weighted by atomic mass is 35.5.